The molecule has 1 aromatic rings. The lowest BCUT2D eigenvalue weighted by Crippen LogP contribution is -2.39. The standard InChI is InChI=1S/C18H21NO5/c1-11(13-8-6-5-7-9-13)19-12(2)15(16(22)24-4)18(3,17(19)23)10-14(20)21/h5-9,11H,10H2,1-4H3,(H,20,21)/t11-,18+/m0/s1. The van der Waals surface area contributed by atoms with Crippen molar-refractivity contribution in [3.8, 4) is 0 Å². The Morgan fingerprint density at radius 2 is 1.88 bits per heavy atom. The number of carbonyl (C=O) groups excluding carboxylic acids is 2. The highest BCUT2D eigenvalue weighted by Gasteiger charge is 2.53. The number of benzene rings is 1. The molecule has 24 heavy (non-hydrogen) atoms. The van der Waals surface area contributed by atoms with Gasteiger partial charge in [-0.05, 0) is 26.3 Å². The highest BCUT2D eigenvalue weighted by molar-refractivity contribution is 6.06. The summed E-state index contributed by atoms with van der Waals surface area (Å²) in [5.41, 5.74) is 0.00704. The van der Waals surface area contributed by atoms with Crippen LogP contribution in [0.25, 0.3) is 0 Å². The molecule has 0 spiro atoms. The van der Waals surface area contributed by atoms with E-state index in [1.165, 1.54) is 18.9 Å². The van der Waals surface area contributed by atoms with Gasteiger partial charge in [-0.15, -0.1) is 0 Å². The molecule has 6 heteroatoms. The fourth-order valence-electron chi connectivity index (χ4n) is 3.33. The van der Waals surface area contributed by atoms with Gasteiger partial charge in [-0.25, -0.2) is 4.79 Å². The Hall–Kier alpha value is -2.63. The van der Waals surface area contributed by atoms with Crippen molar-refractivity contribution in [2.75, 3.05) is 7.11 Å². The molecule has 0 fully saturated rings. The molecule has 2 atom stereocenters. The Bertz CT molecular complexity index is 709. The third-order valence-corrected chi connectivity index (χ3v) is 4.53. The topological polar surface area (TPSA) is 83.9 Å². The molecule has 0 aromatic heterocycles. The first-order valence-corrected chi connectivity index (χ1v) is 7.64. The van der Waals surface area contributed by atoms with Gasteiger partial charge in [0.25, 0.3) is 0 Å². The van der Waals surface area contributed by atoms with Crippen LogP contribution in [0.5, 0.6) is 0 Å². The fraction of sp³-hybridized carbons (Fsp3) is 0.389. The number of nitrogens with zero attached hydrogens (tertiary/aromatic N) is 1. The number of allylic oxidation sites excluding steroid dienone is 1. The number of aliphatic carboxylic acids is 1. The average Bonchev–Trinajstić information content (AvgIpc) is 2.72. The summed E-state index contributed by atoms with van der Waals surface area (Å²) in [5.74, 6) is -2.22. The summed E-state index contributed by atoms with van der Waals surface area (Å²) in [6.07, 6.45) is -0.467. The van der Waals surface area contributed by atoms with Crippen LogP contribution in [0.2, 0.25) is 0 Å². The summed E-state index contributed by atoms with van der Waals surface area (Å²) in [4.78, 5) is 38.0. The molecule has 1 N–H and O–H groups in total. The van der Waals surface area contributed by atoms with Crippen LogP contribution in [-0.2, 0) is 19.1 Å². The normalized spacial score (nSPS) is 21.8. The quantitative estimate of drug-likeness (QED) is 0.838. The van der Waals surface area contributed by atoms with Gasteiger partial charge in [-0.2, -0.15) is 0 Å². The number of carbonyl (C=O) groups is 3. The van der Waals surface area contributed by atoms with Crippen LogP contribution in [0.3, 0.4) is 0 Å². The van der Waals surface area contributed by atoms with E-state index in [4.69, 9.17) is 4.74 Å². The van der Waals surface area contributed by atoms with Gasteiger partial charge >= 0.3 is 11.9 Å². The number of hydrogen-bond acceptors (Lipinski definition) is 4. The lowest BCUT2D eigenvalue weighted by Gasteiger charge is -2.29. The SMILES string of the molecule is COC(=O)C1=C(C)N([C@@H](C)c2ccccc2)C(=O)[C@]1(C)CC(=O)O. The van der Waals surface area contributed by atoms with E-state index < -0.39 is 29.7 Å². The lowest BCUT2D eigenvalue weighted by atomic mass is 9.79. The molecule has 0 saturated carbocycles. The second-order valence-electron chi connectivity index (χ2n) is 6.12. The second-order valence-corrected chi connectivity index (χ2v) is 6.12. The van der Waals surface area contributed by atoms with Crippen molar-refractivity contribution in [2.24, 2.45) is 5.41 Å². The molecular weight excluding hydrogens is 310 g/mol. The molecule has 0 radical (unpaired) electrons. The van der Waals surface area contributed by atoms with Crippen molar-refractivity contribution >= 4 is 17.8 Å². The van der Waals surface area contributed by atoms with Gasteiger partial charge in [0.05, 0.1) is 30.6 Å². The molecule has 1 heterocycles. The van der Waals surface area contributed by atoms with E-state index >= 15 is 0 Å². The van der Waals surface area contributed by atoms with E-state index in [-0.39, 0.29) is 11.6 Å². The minimum atomic E-state index is -1.44. The highest BCUT2D eigenvalue weighted by Crippen LogP contribution is 2.46. The van der Waals surface area contributed by atoms with Gasteiger partial charge in [-0.1, -0.05) is 30.3 Å². The van der Waals surface area contributed by atoms with E-state index in [1.54, 1.807) is 6.92 Å². The number of methoxy groups -OCH3 is 1. The molecule has 1 aliphatic rings. The Kier molecular flexibility index (Phi) is 4.78. The first-order chi connectivity index (χ1) is 11.2. The Morgan fingerprint density at radius 1 is 1.29 bits per heavy atom. The summed E-state index contributed by atoms with van der Waals surface area (Å²) in [6.45, 7) is 4.98. The van der Waals surface area contributed by atoms with Crippen LogP contribution in [0.15, 0.2) is 41.6 Å². The summed E-state index contributed by atoms with van der Waals surface area (Å²) in [6, 6.07) is 9.05. The maximum atomic E-state index is 13.0. The number of rotatable bonds is 5. The van der Waals surface area contributed by atoms with Gasteiger partial charge in [0.2, 0.25) is 5.91 Å². The monoisotopic (exact) mass is 331 g/mol. The van der Waals surface area contributed by atoms with Crippen LogP contribution >= 0.6 is 0 Å². The Labute approximate surface area is 140 Å². The maximum absolute atomic E-state index is 13.0. The fourth-order valence-corrected chi connectivity index (χ4v) is 3.33. The molecule has 1 amide bonds. The van der Waals surface area contributed by atoms with Crippen molar-refractivity contribution in [3.63, 3.8) is 0 Å². The van der Waals surface area contributed by atoms with Gasteiger partial charge < -0.3 is 14.7 Å². The van der Waals surface area contributed by atoms with Crippen molar-refractivity contribution in [2.45, 2.75) is 33.2 Å². The predicted molar refractivity (Wildman–Crippen MR) is 86.8 cm³/mol. The Balaban J connectivity index is 2.54. The van der Waals surface area contributed by atoms with Gasteiger partial charge in [0, 0.05) is 5.70 Å². The number of carboxylic acid groups (broad SMARTS) is 1. The van der Waals surface area contributed by atoms with Crippen molar-refractivity contribution in [1.82, 2.24) is 4.90 Å². The summed E-state index contributed by atoms with van der Waals surface area (Å²) < 4.78 is 4.80. The van der Waals surface area contributed by atoms with E-state index in [0.717, 1.165) is 5.56 Å². The van der Waals surface area contributed by atoms with Crippen molar-refractivity contribution < 1.29 is 24.2 Å². The molecule has 0 saturated heterocycles. The third kappa shape index (κ3) is 2.79. The largest absolute Gasteiger partial charge is 0.481 e. The highest BCUT2D eigenvalue weighted by atomic mass is 16.5. The number of ether oxygens (including phenoxy) is 1. The third-order valence-electron chi connectivity index (χ3n) is 4.53. The average molecular weight is 331 g/mol. The molecular formula is C18H21NO5. The summed E-state index contributed by atoms with van der Waals surface area (Å²) in [7, 11) is 1.22. The van der Waals surface area contributed by atoms with E-state index in [9.17, 15) is 19.5 Å². The zero-order valence-corrected chi connectivity index (χ0v) is 14.2. The van der Waals surface area contributed by atoms with Gasteiger partial charge in [-0.3, -0.25) is 9.59 Å². The minimum absolute atomic E-state index is 0.111. The first-order valence-electron chi connectivity index (χ1n) is 7.64. The van der Waals surface area contributed by atoms with E-state index in [2.05, 4.69) is 0 Å². The molecule has 6 nitrogen and oxygen atoms in total. The second kappa shape index (κ2) is 6.47. The van der Waals surface area contributed by atoms with Gasteiger partial charge in [0.15, 0.2) is 0 Å². The molecule has 1 aromatic carbocycles. The van der Waals surface area contributed by atoms with Crippen LogP contribution in [0.1, 0.15) is 38.8 Å². The molecule has 0 bridgehead atoms. The predicted octanol–water partition coefficient (Wildman–Crippen LogP) is 2.52. The van der Waals surface area contributed by atoms with Crippen molar-refractivity contribution in [3.05, 3.63) is 47.2 Å². The number of esters is 1. The van der Waals surface area contributed by atoms with Crippen LogP contribution in [0, 0.1) is 5.41 Å². The van der Waals surface area contributed by atoms with E-state index in [1.807, 2.05) is 37.3 Å². The molecule has 1 aliphatic heterocycles. The maximum Gasteiger partial charge on any atom is 0.336 e. The van der Waals surface area contributed by atoms with Gasteiger partial charge in [0.1, 0.15) is 0 Å². The Morgan fingerprint density at radius 3 is 2.38 bits per heavy atom. The number of carboxylic acids is 1. The molecule has 0 aliphatic carbocycles. The molecule has 2 rings (SSSR count). The summed E-state index contributed by atoms with van der Waals surface area (Å²) in [5, 5.41) is 9.21. The molecule has 0 unspecified atom stereocenters. The van der Waals surface area contributed by atoms with Crippen LogP contribution in [0.4, 0.5) is 0 Å². The number of hydrogen-bond donors (Lipinski definition) is 1. The lowest BCUT2D eigenvalue weighted by molar-refractivity contribution is -0.148. The molecule has 128 valence electrons. The van der Waals surface area contributed by atoms with Crippen molar-refractivity contribution in [1.29, 1.82) is 0 Å². The zero-order chi connectivity index (χ0) is 18.1. The minimum Gasteiger partial charge on any atom is -0.481 e. The first kappa shape index (κ1) is 17.7. The number of amides is 1. The van der Waals surface area contributed by atoms with Crippen LogP contribution < -0.4 is 0 Å². The van der Waals surface area contributed by atoms with Crippen LogP contribution in [-0.4, -0.2) is 35.0 Å². The van der Waals surface area contributed by atoms with E-state index in [0.29, 0.717) is 5.70 Å². The summed E-state index contributed by atoms with van der Waals surface area (Å²) >= 11 is 0. The smallest absolute Gasteiger partial charge is 0.336 e. The zero-order valence-electron chi connectivity index (χ0n) is 14.2.